The molecular weight excluding hydrogens is 236 g/mol. The maximum absolute atomic E-state index is 8.76. The summed E-state index contributed by atoms with van der Waals surface area (Å²) in [6, 6.07) is 11.1. The molecule has 0 aliphatic carbocycles. The Balaban J connectivity index is 2.20. The van der Waals surface area contributed by atoms with Crippen LogP contribution in [-0.2, 0) is 6.54 Å². The lowest BCUT2D eigenvalue weighted by atomic mass is 10.2. The van der Waals surface area contributed by atoms with Gasteiger partial charge in [0.1, 0.15) is 5.76 Å². The van der Waals surface area contributed by atoms with Gasteiger partial charge in [-0.1, -0.05) is 11.6 Å². The lowest BCUT2D eigenvalue weighted by Gasteiger charge is -2.19. The molecule has 4 heteroatoms. The lowest BCUT2D eigenvalue weighted by Crippen LogP contribution is -2.16. The smallest absolute Gasteiger partial charge is 0.123 e. The van der Waals surface area contributed by atoms with Crippen molar-refractivity contribution in [1.82, 2.24) is 0 Å². The van der Waals surface area contributed by atoms with Crippen LogP contribution in [0.3, 0.4) is 0 Å². The van der Waals surface area contributed by atoms with Gasteiger partial charge in [-0.2, -0.15) is 5.26 Å². The highest BCUT2D eigenvalue weighted by molar-refractivity contribution is 6.33. The summed E-state index contributed by atoms with van der Waals surface area (Å²) < 4.78 is 5.27. The van der Waals surface area contributed by atoms with Crippen molar-refractivity contribution < 1.29 is 4.42 Å². The van der Waals surface area contributed by atoms with Crippen LogP contribution in [-0.4, -0.2) is 7.05 Å². The van der Waals surface area contributed by atoms with E-state index in [1.807, 2.05) is 30.1 Å². The third-order valence-electron chi connectivity index (χ3n) is 2.46. The Morgan fingerprint density at radius 3 is 2.82 bits per heavy atom. The van der Waals surface area contributed by atoms with E-state index in [1.165, 1.54) is 0 Å². The first-order valence-corrected chi connectivity index (χ1v) is 5.51. The highest BCUT2D eigenvalue weighted by Gasteiger charge is 2.08. The molecule has 0 saturated heterocycles. The summed E-state index contributed by atoms with van der Waals surface area (Å²) in [6.45, 7) is 0.638. The molecule has 0 N–H and O–H groups in total. The van der Waals surface area contributed by atoms with Gasteiger partial charge in [-0.05, 0) is 30.3 Å². The van der Waals surface area contributed by atoms with Gasteiger partial charge in [0, 0.05) is 7.05 Å². The maximum Gasteiger partial charge on any atom is 0.123 e. The quantitative estimate of drug-likeness (QED) is 0.833. The van der Waals surface area contributed by atoms with Gasteiger partial charge in [0.2, 0.25) is 0 Å². The molecule has 0 fully saturated rings. The van der Waals surface area contributed by atoms with E-state index in [2.05, 4.69) is 6.07 Å². The van der Waals surface area contributed by atoms with Gasteiger partial charge in [-0.3, -0.25) is 0 Å². The van der Waals surface area contributed by atoms with Crippen LogP contribution in [0.5, 0.6) is 0 Å². The van der Waals surface area contributed by atoms with Crippen LogP contribution in [0, 0.1) is 11.3 Å². The van der Waals surface area contributed by atoms with E-state index < -0.39 is 0 Å². The van der Waals surface area contributed by atoms with E-state index >= 15 is 0 Å². The average Bonchev–Trinajstić information content (AvgIpc) is 2.81. The highest BCUT2D eigenvalue weighted by Crippen LogP contribution is 2.26. The Labute approximate surface area is 105 Å². The van der Waals surface area contributed by atoms with E-state index in [0.29, 0.717) is 17.1 Å². The predicted molar refractivity (Wildman–Crippen MR) is 67.0 cm³/mol. The SMILES string of the molecule is CN(Cc1ccco1)c1ccc(C#N)cc1Cl. The topological polar surface area (TPSA) is 40.2 Å². The molecule has 3 nitrogen and oxygen atoms in total. The molecular formula is C13H11ClN2O. The van der Waals surface area contributed by atoms with Crippen LogP contribution in [0.2, 0.25) is 5.02 Å². The fourth-order valence-electron chi connectivity index (χ4n) is 1.61. The molecule has 1 aromatic heterocycles. The first-order valence-electron chi connectivity index (χ1n) is 5.14. The van der Waals surface area contributed by atoms with Crippen LogP contribution in [0.25, 0.3) is 0 Å². The van der Waals surface area contributed by atoms with E-state index in [1.54, 1.807) is 18.4 Å². The first kappa shape index (κ1) is 11.6. The number of hydrogen-bond acceptors (Lipinski definition) is 3. The van der Waals surface area contributed by atoms with Crippen LogP contribution in [0.4, 0.5) is 5.69 Å². The number of nitriles is 1. The standard InChI is InChI=1S/C13H11ClN2O/c1-16(9-11-3-2-6-17-11)13-5-4-10(8-15)7-12(13)14/h2-7H,9H2,1H3. The molecule has 86 valence electrons. The van der Waals surface area contributed by atoms with Crippen molar-refractivity contribution >= 4 is 17.3 Å². The highest BCUT2D eigenvalue weighted by atomic mass is 35.5. The van der Waals surface area contributed by atoms with Crippen molar-refractivity contribution in [1.29, 1.82) is 5.26 Å². The number of anilines is 1. The van der Waals surface area contributed by atoms with Crippen molar-refractivity contribution in [2.24, 2.45) is 0 Å². The molecule has 0 saturated carbocycles. The Kier molecular flexibility index (Phi) is 3.36. The molecule has 17 heavy (non-hydrogen) atoms. The number of halogens is 1. The molecule has 0 aliphatic heterocycles. The largest absolute Gasteiger partial charge is 0.467 e. The van der Waals surface area contributed by atoms with Gasteiger partial charge in [0.05, 0.1) is 35.2 Å². The second-order valence-corrected chi connectivity index (χ2v) is 4.12. The van der Waals surface area contributed by atoms with Gasteiger partial charge >= 0.3 is 0 Å². The molecule has 0 atom stereocenters. The minimum Gasteiger partial charge on any atom is -0.467 e. The van der Waals surface area contributed by atoms with Crippen LogP contribution in [0.15, 0.2) is 41.0 Å². The number of hydrogen-bond donors (Lipinski definition) is 0. The number of benzene rings is 1. The summed E-state index contributed by atoms with van der Waals surface area (Å²) in [5.74, 6) is 0.868. The number of rotatable bonds is 3. The fraction of sp³-hybridized carbons (Fsp3) is 0.154. The minimum atomic E-state index is 0.560. The maximum atomic E-state index is 8.76. The molecule has 0 amide bonds. The van der Waals surface area contributed by atoms with Crippen molar-refractivity contribution in [2.45, 2.75) is 6.54 Å². The number of nitrogens with zero attached hydrogens (tertiary/aromatic N) is 2. The summed E-state index contributed by atoms with van der Waals surface area (Å²) in [5.41, 5.74) is 1.44. The van der Waals surface area contributed by atoms with Crippen LogP contribution in [0.1, 0.15) is 11.3 Å². The van der Waals surface area contributed by atoms with Gasteiger partial charge in [-0.25, -0.2) is 0 Å². The molecule has 0 radical (unpaired) electrons. The van der Waals surface area contributed by atoms with Gasteiger partial charge in [-0.15, -0.1) is 0 Å². The first-order chi connectivity index (χ1) is 8.20. The summed E-state index contributed by atoms with van der Waals surface area (Å²) in [4.78, 5) is 1.97. The molecule has 2 aromatic rings. The summed E-state index contributed by atoms with van der Waals surface area (Å²) in [7, 11) is 1.93. The normalized spacial score (nSPS) is 9.94. The van der Waals surface area contributed by atoms with E-state index in [-0.39, 0.29) is 0 Å². The third-order valence-corrected chi connectivity index (χ3v) is 2.76. The zero-order chi connectivity index (χ0) is 12.3. The average molecular weight is 247 g/mol. The zero-order valence-electron chi connectivity index (χ0n) is 9.35. The molecule has 0 bridgehead atoms. The van der Waals surface area contributed by atoms with E-state index in [9.17, 15) is 0 Å². The Morgan fingerprint density at radius 1 is 1.41 bits per heavy atom. The van der Waals surface area contributed by atoms with Gasteiger partial charge in [0.15, 0.2) is 0 Å². The van der Waals surface area contributed by atoms with Crippen molar-refractivity contribution in [2.75, 3.05) is 11.9 Å². The van der Waals surface area contributed by atoms with Crippen LogP contribution >= 0.6 is 11.6 Å². The Bertz CT molecular complexity index is 543. The second kappa shape index (κ2) is 4.94. The van der Waals surface area contributed by atoms with Crippen molar-refractivity contribution in [3.05, 3.63) is 52.9 Å². The zero-order valence-corrected chi connectivity index (χ0v) is 10.1. The fourth-order valence-corrected chi connectivity index (χ4v) is 1.93. The summed E-state index contributed by atoms with van der Waals surface area (Å²) in [5, 5.41) is 9.33. The van der Waals surface area contributed by atoms with Crippen molar-refractivity contribution in [3.8, 4) is 6.07 Å². The molecule has 0 aliphatic rings. The van der Waals surface area contributed by atoms with Crippen molar-refractivity contribution in [3.63, 3.8) is 0 Å². The Hall–Kier alpha value is -1.92. The number of furan rings is 1. The molecule has 1 heterocycles. The van der Waals surface area contributed by atoms with Crippen LogP contribution < -0.4 is 4.90 Å². The summed E-state index contributed by atoms with van der Waals surface area (Å²) in [6.07, 6.45) is 1.64. The van der Waals surface area contributed by atoms with Gasteiger partial charge < -0.3 is 9.32 Å². The molecule has 0 spiro atoms. The Morgan fingerprint density at radius 2 is 2.24 bits per heavy atom. The minimum absolute atomic E-state index is 0.560. The third kappa shape index (κ3) is 2.61. The monoisotopic (exact) mass is 246 g/mol. The summed E-state index contributed by atoms with van der Waals surface area (Å²) >= 11 is 6.12. The van der Waals surface area contributed by atoms with E-state index in [4.69, 9.17) is 21.3 Å². The van der Waals surface area contributed by atoms with Gasteiger partial charge in [0.25, 0.3) is 0 Å². The molecule has 0 unspecified atom stereocenters. The van der Waals surface area contributed by atoms with E-state index in [0.717, 1.165) is 11.4 Å². The predicted octanol–water partition coefficient (Wildman–Crippen LogP) is 3.44. The molecule has 2 rings (SSSR count). The lowest BCUT2D eigenvalue weighted by molar-refractivity contribution is 0.507. The molecule has 1 aromatic carbocycles. The second-order valence-electron chi connectivity index (χ2n) is 3.71.